The van der Waals surface area contributed by atoms with Gasteiger partial charge in [0.1, 0.15) is 11.4 Å². The number of aryl methyl sites for hydroxylation is 1. The number of carbonyl (C=O) groups is 1. The van der Waals surface area contributed by atoms with Crippen LogP contribution in [0, 0.1) is 22.9 Å². The molecule has 0 amide bonds. The Balaban J connectivity index is 2.39. The van der Waals surface area contributed by atoms with E-state index < -0.39 is 16.6 Å². The largest absolute Gasteiger partial charge is 0.477 e. The van der Waals surface area contributed by atoms with Crippen LogP contribution in [0.25, 0.3) is 0 Å². The summed E-state index contributed by atoms with van der Waals surface area (Å²) in [5.41, 5.74) is 0.656. The number of carboxylic acids is 1. The molecule has 6 nitrogen and oxygen atoms in total. The van der Waals surface area contributed by atoms with Gasteiger partial charge in [0.15, 0.2) is 0 Å². The number of halogens is 1. The Labute approximate surface area is 119 Å². The zero-order valence-corrected chi connectivity index (χ0v) is 11.0. The summed E-state index contributed by atoms with van der Waals surface area (Å²) in [5.74, 6) is -1.75. The van der Waals surface area contributed by atoms with E-state index in [1.165, 1.54) is 24.3 Å². The summed E-state index contributed by atoms with van der Waals surface area (Å²) >= 11 is 0. The molecule has 0 aliphatic heterocycles. The standard InChI is InChI=1S/C14H11FN2O4/c1-8-6-9(15)2-5-12(8)16-10-3-4-11(14(18)19)13(7-10)17(20)21/h2-7,16H,1H3,(H,18,19). The number of hydrogen-bond acceptors (Lipinski definition) is 4. The first kappa shape index (κ1) is 14.4. The van der Waals surface area contributed by atoms with Crippen molar-refractivity contribution in [3.63, 3.8) is 0 Å². The van der Waals surface area contributed by atoms with Crippen LogP contribution in [0.4, 0.5) is 21.5 Å². The van der Waals surface area contributed by atoms with Gasteiger partial charge in [-0.1, -0.05) is 0 Å². The van der Waals surface area contributed by atoms with E-state index in [-0.39, 0.29) is 11.4 Å². The van der Waals surface area contributed by atoms with Gasteiger partial charge in [-0.25, -0.2) is 9.18 Å². The number of carboxylic acid groups (broad SMARTS) is 1. The van der Waals surface area contributed by atoms with Gasteiger partial charge in [-0.15, -0.1) is 0 Å². The highest BCUT2D eigenvalue weighted by Crippen LogP contribution is 2.27. The number of rotatable bonds is 4. The zero-order chi connectivity index (χ0) is 15.6. The van der Waals surface area contributed by atoms with Crippen molar-refractivity contribution in [2.45, 2.75) is 6.92 Å². The number of nitrogens with zero attached hydrogens (tertiary/aromatic N) is 1. The summed E-state index contributed by atoms with van der Waals surface area (Å²) in [7, 11) is 0. The van der Waals surface area contributed by atoms with Crippen LogP contribution in [0.2, 0.25) is 0 Å². The maximum atomic E-state index is 13.0. The molecule has 0 fully saturated rings. The summed E-state index contributed by atoms with van der Waals surface area (Å²) in [6.07, 6.45) is 0. The smallest absolute Gasteiger partial charge is 0.342 e. The molecule has 2 aromatic carbocycles. The Kier molecular flexibility index (Phi) is 3.84. The Morgan fingerprint density at radius 3 is 2.57 bits per heavy atom. The molecular weight excluding hydrogens is 279 g/mol. The van der Waals surface area contributed by atoms with E-state index in [0.29, 0.717) is 16.9 Å². The minimum Gasteiger partial charge on any atom is -0.477 e. The lowest BCUT2D eigenvalue weighted by atomic mass is 10.1. The van der Waals surface area contributed by atoms with Crippen LogP contribution < -0.4 is 5.32 Å². The van der Waals surface area contributed by atoms with Crippen LogP contribution in [0.15, 0.2) is 36.4 Å². The van der Waals surface area contributed by atoms with Crippen molar-refractivity contribution in [1.29, 1.82) is 0 Å². The molecule has 2 aromatic rings. The first-order valence-electron chi connectivity index (χ1n) is 5.93. The molecule has 0 unspecified atom stereocenters. The van der Waals surface area contributed by atoms with Crippen molar-refractivity contribution >= 4 is 23.0 Å². The molecule has 0 aliphatic carbocycles. The Morgan fingerprint density at radius 2 is 2.00 bits per heavy atom. The molecular formula is C14H11FN2O4. The molecule has 0 saturated carbocycles. The predicted octanol–water partition coefficient (Wildman–Crippen LogP) is 3.48. The fourth-order valence-corrected chi connectivity index (χ4v) is 1.86. The monoisotopic (exact) mass is 290 g/mol. The van der Waals surface area contributed by atoms with E-state index in [2.05, 4.69) is 5.32 Å². The molecule has 0 aromatic heterocycles. The summed E-state index contributed by atoms with van der Waals surface area (Å²) in [6, 6.07) is 7.78. The second kappa shape index (κ2) is 5.58. The molecule has 108 valence electrons. The van der Waals surface area contributed by atoms with E-state index >= 15 is 0 Å². The molecule has 0 saturated heterocycles. The van der Waals surface area contributed by atoms with Crippen LogP contribution in [0.3, 0.4) is 0 Å². The molecule has 2 rings (SSSR count). The SMILES string of the molecule is Cc1cc(F)ccc1Nc1ccc(C(=O)O)c([N+](=O)[O-])c1. The number of benzene rings is 2. The van der Waals surface area contributed by atoms with Crippen LogP contribution >= 0.6 is 0 Å². The summed E-state index contributed by atoms with van der Waals surface area (Å²) in [5, 5.41) is 22.7. The van der Waals surface area contributed by atoms with Gasteiger partial charge < -0.3 is 10.4 Å². The lowest BCUT2D eigenvalue weighted by Gasteiger charge is -2.10. The summed E-state index contributed by atoms with van der Waals surface area (Å²) < 4.78 is 13.0. The number of anilines is 2. The Hall–Kier alpha value is -2.96. The van der Waals surface area contributed by atoms with Crippen molar-refractivity contribution in [1.82, 2.24) is 0 Å². The number of nitro benzene ring substituents is 1. The molecule has 0 heterocycles. The molecule has 0 aliphatic rings. The summed E-state index contributed by atoms with van der Waals surface area (Å²) in [4.78, 5) is 21.1. The van der Waals surface area contributed by atoms with Gasteiger partial charge >= 0.3 is 5.97 Å². The highest BCUT2D eigenvalue weighted by molar-refractivity contribution is 5.93. The molecule has 0 spiro atoms. The number of aromatic carboxylic acids is 1. The number of hydrogen-bond donors (Lipinski definition) is 2. The third-order valence-corrected chi connectivity index (χ3v) is 2.89. The molecule has 2 N–H and O–H groups in total. The third kappa shape index (κ3) is 3.14. The van der Waals surface area contributed by atoms with Gasteiger partial charge in [-0.05, 0) is 42.8 Å². The Bertz CT molecular complexity index is 731. The first-order valence-corrected chi connectivity index (χ1v) is 5.93. The van der Waals surface area contributed by atoms with E-state index in [1.54, 1.807) is 6.92 Å². The predicted molar refractivity (Wildman–Crippen MR) is 74.5 cm³/mol. The topological polar surface area (TPSA) is 92.5 Å². The van der Waals surface area contributed by atoms with E-state index in [4.69, 9.17) is 5.11 Å². The highest BCUT2D eigenvalue weighted by Gasteiger charge is 2.20. The highest BCUT2D eigenvalue weighted by atomic mass is 19.1. The summed E-state index contributed by atoms with van der Waals surface area (Å²) in [6.45, 7) is 1.69. The second-order valence-electron chi connectivity index (χ2n) is 4.38. The van der Waals surface area contributed by atoms with Crippen molar-refractivity contribution in [2.75, 3.05) is 5.32 Å². The van der Waals surface area contributed by atoms with E-state index in [1.807, 2.05) is 0 Å². The Morgan fingerprint density at radius 1 is 1.29 bits per heavy atom. The van der Waals surface area contributed by atoms with Crippen molar-refractivity contribution < 1.29 is 19.2 Å². The number of nitrogens with one attached hydrogen (secondary N) is 1. The fraction of sp³-hybridized carbons (Fsp3) is 0.0714. The lowest BCUT2D eigenvalue weighted by Crippen LogP contribution is -2.03. The fourth-order valence-electron chi connectivity index (χ4n) is 1.86. The van der Waals surface area contributed by atoms with Gasteiger partial charge in [0.25, 0.3) is 5.69 Å². The molecule has 0 bridgehead atoms. The quantitative estimate of drug-likeness (QED) is 0.664. The normalized spacial score (nSPS) is 10.2. The zero-order valence-electron chi connectivity index (χ0n) is 11.0. The first-order chi connectivity index (χ1) is 9.88. The molecule has 0 radical (unpaired) electrons. The van der Waals surface area contributed by atoms with Crippen LogP contribution in [0.5, 0.6) is 0 Å². The van der Waals surface area contributed by atoms with Crippen molar-refractivity contribution in [3.05, 3.63) is 63.5 Å². The second-order valence-corrected chi connectivity index (χ2v) is 4.38. The minimum atomic E-state index is -1.37. The van der Waals surface area contributed by atoms with Crippen LogP contribution in [-0.2, 0) is 0 Å². The van der Waals surface area contributed by atoms with E-state index in [0.717, 1.165) is 12.1 Å². The van der Waals surface area contributed by atoms with Crippen LogP contribution in [0.1, 0.15) is 15.9 Å². The van der Waals surface area contributed by atoms with E-state index in [9.17, 15) is 19.3 Å². The molecule has 7 heteroatoms. The molecule has 21 heavy (non-hydrogen) atoms. The average molecular weight is 290 g/mol. The van der Waals surface area contributed by atoms with Gasteiger partial charge in [-0.2, -0.15) is 0 Å². The van der Waals surface area contributed by atoms with Crippen molar-refractivity contribution in [3.8, 4) is 0 Å². The van der Waals surface area contributed by atoms with Crippen molar-refractivity contribution in [2.24, 2.45) is 0 Å². The lowest BCUT2D eigenvalue weighted by molar-refractivity contribution is -0.385. The van der Waals surface area contributed by atoms with Gasteiger partial charge in [0, 0.05) is 17.4 Å². The van der Waals surface area contributed by atoms with Gasteiger partial charge in [-0.3, -0.25) is 10.1 Å². The maximum Gasteiger partial charge on any atom is 0.342 e. The van der Waals surface area contributed by atoms with Gasteiger partial charge in [0.05, 0.1) is 4.92 Å². The number of nitro groups is 1. The van der Waals surface area contributed by atoms with Crippen LogP contribution in [-0.4, -0.2) is 16.0 Å². The maximum absolute atomic E-state index is 13.0. The average Bonchev–Trinajstić information content (AvgIpc) is 2.41. The molecule has 0 atom stereocenters. The third-order valence-electron chi connectivity index (χ3n) is 2.89. The van der Waals surface area contributed by atoms with Gasteiger partial charge in [0.2, 0.25) is 0 Å². The minimum absolute atomic E-state index is 0.349.